The maximum atomic E-state index is 13.9. The van der Waals surface area contributed by atoms with E-state index in [2.05, 4.69) is 17.4 Å². The van der Waals surface area contributed by atoms with Gasteiger partial charge in [0.1, 0.15) is 0 Å². The number of β-amino-alcohol motifs (C(OH)–C–C–N with tert-alkyl or cyclic N) is 1. The van der Waals surface area contributed by atoms with Crippen LogP contribution in [0.4, 0.5) is 13.2 Å². The number of aliphatic carboxylic acids is 1. The number of allylic oxidation sites excluding steroid dienone is 1. The summed E-state index contributed by atoms with van der Waals surface area (Å²) in [4.78, 5) is 10.5. The number of sulfonamides is 1. The maximum Gasteiger partial charge on any atom is 0.417 e. The van der Waals surface area contributed by atoms with Crippen LogP contribution in [0.15, 0.2) is 53.4 Å². The molecule has 1 aliphatic rings. The van der Waals surface area contributed by atoms with Crippen molar-refractivity contribution >= 4 is 22.1 Å². The third kappa shape index (κ3) is 9.13. The molecule has 0 spiro atoms. The van der Waals surface area contributed by atoms with Crippen molar-refractivity contribution in [3.8, 4) is 0 Å². The molecule has 11 heteroatoms. The summed E-state index contributed by atoms with van der Waals surface area (Å²) in [7, 11) is -3.13. The molecule has 1 aliphatic carbocycles. The van der Waals surface area contributed by atoms with Crippen LogP contribution >= 0.6 is 0 Å². The van der Waals surface area contributed by atoms with E-state index in [9.17, 15) is 31.5 Å². The number of carboxylic acids is 1. The molecule has 42 heavy (non-hydrogen) atoms. The number of nitrogens with zero attached hydrogens (tertiary/aromatic N) is 1. The van der Waals surface area contributed by atoms with Crippen molar-refractivity contribution in [2.24, 2.45) is 11.3 Å². The quantitative estimate of drug-likeness (QED) is 0.282. The van der Waals surface area contributed by atoms with Crippen LogP contribution in [0, 0.1) is 11.3 Å². The number of hydrogen-bond acceptors (Lipinski definition) is 5. The molecule has 0 aromatic heterocycles. The van der Waals surface area contributed by atoms with E-state index in [0.29, 0.717) is 12.0 Å². The van der Waals surface area contributed by atoms with Crippen molar-refractivity contribution < 1.29 is 36.6 Å². The number of rotatable bonds is 13. The lowest BCUT2D eigenvalue weighted by Gasteiger charge is -2.31. The number of aliphatic hydroxyl groups is 1. The monoisotopic (exact) mass is 610 g/mol. The fourth-order valence-electron chi connectivity index (χ4n) is 5.47. The van der Waals surface area contributed by atoms with Crippen LogP contribution in [0.2, 0.25) is 0 Å². The van der Waals surface area contributed by atoms with Crippen molar-refractivity contribution in [2.75, 3.05) is 20.1 Å². The summed E-state index contributed by atoms with van der Waals surface area (Å²) in [5, 5.41) is 23.0. The molecule has 2 aromatic carbocycles. The van der Waals surface area contributed by atoms with Gasteiger partial charge in [0.05, 0.1) is 23.0 Å². The van der Waals surface area contributed by atoms with E-state index in [1.165, 1.54) is 24.3 Å². The molecule has 0 aliphatic heterocycles. The predicted molar refractivity (Wildman–Crippen MR) is 156 cm³/mol. The van der Waals surface area contributed by atoms with Gasteiger partial charge in [0, 0.05) is 25.7 Å². The Balaban J connectivity index is 1.65. The summed E-state index contributed by atoms with van der Waals surface area (Å²) in [5.74, 6) is -0.639. The van der Waals surface area contributed by atoms with Crippen molar-refractivity contribution in [3.63, 3.8) is 0 Å². The zero-order valence-corrected chi connectivity index (χ0v) is 25.5. The topological polar surface area (TPSA) is 107 Å². The third-order valence-electron chi connectivity index (χ3n) is 7.58. The first-order chi connectivity index (χ1) is 19.3. The fourth-order valence-corrected chi connectivity index (χ4v) is 6.71. The van der Waals surface area contributed by atoms with Gasteiger partial charge in [-0.1, -0.05) is 56.3 Å². The van der Waals surface area contributed by atoms with Gasteiger partial charge >= 0.3 is 12.1 Å². The number of nitrogens with one attached hydrogen (secondary N) is 1. The third-order valence-corrected chi connectivity index (χ3v) is 9.40. The van der Waals surface area contributed by atoms with Gasteiger partial charge in [-0.2, -0.15) is 17.5 Å². The molecule has 3 N–H and O–H groups in total. The minimum absolute atomic E-state index is 0.107. The average molecular weight is 611 g/mol. The summed E-state index contributed by atoms with van der Waals surface area (Å²) in [5.41, 5.74) is 0.0296. The van der Waals surface area contributed by atoms with Crippen LogP contribution in [0.25, 0.3) is 6.08 Å². The van der Waals surface area contributed by atoms with E-state index in [4.69, 9.17) is 5.11 Å². The molecule has 1 atom stereocenters. The second-order valence-corrected chi connectivity index (χ2v) is 14.6. The molecular formula is C31H41F3N2O5S. The maximum absolute atomic E-state index is 13.9. The number of halogens is 3. The van der Waals surface area contributed by atoms with Gasteiger partial charge in [-0.3, -0.25) is 4.79 Å². The number of carbonyl (C=O) groups is 1. The fraction of sp³-hybridized carbons (Fsp3) is 0.516. The molecule has 0 saturated heterocycles. The van der Waals surface area contributed by atoms with Gasteiger partial charge in [-0.05, 0) is 73.3 Å². The molecule has 0 bridgehead atoms. The van der Waals surface area contributed by atoms with E-state index < -0.39 is 44.1 Å². The van der Waals surface area contributed by atoms with E-state index in [1.54, 1.807) is 13.8 Å². The van der Waals surface area contributed by atoms with Gasteiger partial charge in [-0.25, -0.2) is 8.42 Å². The lowest BCUT2D eigenvalue weighted by atomic mass is 9.88. The lowest BCUT2D eigenvalue weighted by Crippen LogP contribution is -2.47. The number of benzene rings is 2. The Hall–Kier alpha value is -2.73. The SMILES string of the molecule is CN(C[C@H](O)CNC(C)(C)CC1Cc2ccccc2C1)S(=O)(=O)c1ccc(/C=C/C(C)(C)CC(=O)O)c(C(F)(F)F)c1. The Kier molecular flexibility index (Phi) is 10.3. The van der Waals surface area contributed by atoms with Crippen LogP contribution in [0.1, 0.15) is 62.8 Å². The first-order valence-corrected chi connectivity index (χ1v) is 15.3. The molecule has 7 nitrogen and oxygen atoms in total. The van der Waals surface area contributed by atoms with E-state index in [1.807, 2.05) is 26.0 Å². The van der Waals surface area contributed by atoms with Crippen LogP contribution < -0.4 is 5.32 Å². The highest BCUT2D eigenvalue weighted by Gasteiger charge is 2.35. The number of hydrogen-bond donors (Lipinski definition) is 3. The Bertz CT molecular complexity index is 1380. The average Bonchev–Trinajstić information content (AvgIpc) is 3.26. The molecule has 0 radical (unpaired) electrons. The first kappa shape index (κ1) is 33.8. The molecule has 0 heterocycles. The summed E-state index contributed by atoms with van der Waals surface area (Å²) < 4.78 is 68.9. The molecule has 0 fully saturated rings. The van der Waals surface area contributed by atoms with Crippen molar-refractivity contribution in [1.82, 2.24) is 9.62 Å². The van der Waals surface area contributed by atoms with Crippen molar-refractivity contribution in [2.45, 2.75) is 76.1 Å². The summed E-state index contributed by atoms with van der Waals surface area (Å²) in [6, 6.07) is 11.1. The lowest BCUT2D eigenvalue weighted by molar-refractivity contribution is -0.139. The smallest absolute Gasteiger partial charge is 0.417 e. The highest BCUT2D eigenvalue weighted by molar-refractivity contribution is 7.89. The highest BCUT2D eigenvalue weighted by atomic mass is 32.2. The van der Waals surface area contributed by atoms with E-state index in [-0.39, 0.29) is 30.6 Å². The second-order valence-electron chi connectivity index (χ2n) is 12.6. The van der Waals surface area contributed by atoms with Gasteiger partial charge in [0.2, 0.25) is 10.0 Å². The van der Waals surface area contributed by atoms with Crippen LogP contribution in [0.3, 0.4) is 0 Å². The number of aliphatic hydroxyl groups excluding tert-OH is 1. The molecule has 0 saturated carbocycles. The number of fused-ring (bicyclic) bond motifs is 1. The Morgan fingerprint density at radius 1 is 1.10 bits per heavy atom. The van der Waals surface area contributed by atoms with Crippen molar-refractivity contribution in [1.29, 1.82) is 0 Å². The van der Waals surface area contributed by atoms with Gasteiger partial charge in [0.15, 0.2) is 0 Å². The molecule has 2 aromatic rings. The largest absolute Gasteiger partial charge is 0.481 e. The number of likely N-dealkylation sites (N-methyl/N-ethyl adjacent to an activating group) is 1. The van der Waals surface area contributed by atoms with Crippen LogP contribution in [-0.4, -0.2) is 60.7 Å². The van der Waals surface area contributed by atoms with Crippen LogP contribution in [-0.2, 0) is 33.8 Å². The van der Waals surface area contributed by atoms with Gasteiger partial charge in [0.25, 0.3) is 0 Å². The predicted octanol–water partition coefficient (Wildman–Crippen LogP) is 5.37. The molecule has 0 unspecified atom stereocenters. The minimum atomic E-state index is -4.85. The van der Waals surface area contributed by atoms with E-state index in [0.717, 1.165) is 41.8 Å². The zero-order valence-electron chi connectivity index (χ0n) is 24.7. The summed E-state index contributed by atoms with van der Waals surface area (Å²) in [6.07, 6.45) is -0.876. The standard InChI is InChI=1S/C31H41F3N2O5S/c1-29(2,18-28(38)39)13-12-22-10-11-26(16-27(22)31(32,33)34)42(40,41)36(5)20-25(37)19-35-30(3,4)17-21-14-23-8-6-7-9-24(23)15-21/h6-13,16,21,25,35,37H,14-15,17-20H2,1-5H3,(H,38,39)/b13-12+/t25-/m1/s1. The van der Waals surface area contributed by atoms with Gasteiger partial charge < -0.3 is 15.5 Å². The van der Waals surface area contributed by atoms with Crippen molar-refractivity contribution in [3.05, 3.63) is 70.8 Å². The molecule has 0 amide bonds. The zero-order chi connectivity index (χ0) is 31.5. The number of carboxylic acid groups (broad SMARTS) is 1. The Labute approximate surface area is 246 Å². The summed E-state index contributed by atoms with van der Waals surface area (Å²) >= 11 is 0. The number of alkyl halides is 3. The molecule has 232 valence electrons. The van der Waals surface area contributed by atoms with Gasteiger partial charge in [-0.15, -0.1) is 0 Å². The Morgan fingerprint density at radius 3 is 2.24 bits per heavy atom. The highest BCUT2D eigenvalue weighted by Crippen LogP contribution is 2.36. The first-order valence-electron chi connectivity index (χ1n) is 13.9. The van der Waals surface area contributed by atoms with E-state index >= 15 is 0 Å². The molecular weight excluding hydrogens is 569 g/mol. The second kappa shape index (κ2) is 12.9. The summed E-state index contributed by atoms with van der Waals surface area (Å²) in [6.45, 7) is 7.01. The Morgan fingerprint density at radius 2 is 1.69 bits per heavy atom. The minimum Gasteiger partial charge on any atom is -0.481 e. The normalized spacial score (nSPS) is 15.9. The molecule has 3 rings (SSSR count). The van der Waals surface area contributed by atoms with Crippen LogP contribution in [0.5, 0.6) is 0 Å².